The molecule has 0 saturated heterocycles. The monoisotopic (exact) mass is 462 g/mol. The SMILES string of the molecule is COc1ccc(C=NNC(=O)c2cc3ccccc3cc2O)cc1COc1ccc(F)cc1F. The molecule has 0 aromatic heterocycles. The number of nitrogens with zero attached hydrogens (tertiary/aromatic N) is 1. The fourth-order valence-electron chi connectivity index (χ4n) is 3.38. The number of amides is 1. The maximum absolute atomic E-state index is 13.8. The normalized spacial score (nSPS) is 11.0. The Labute approximate surface area is 194 Å². The summed E-state index contributed by atoms with van der Waals surface area (Å²) < 4.78 is 37.7. The smallest absolute Gasteiger partial charge is 0.275 e. The van der Waals surface area contributed by atoms with Gasteiger partial charge in [-0.25, -0.2) is 14.2 Å². The van der Waals surface area contributed by atoms with E-state index in [4.69, 9.17) is 9.47 Å². The minimum absolute atomic E-state index is 0.0370. The molecule has 0 spiro atoms. The van der Waals surface area contributed by atoms with E-state index in [2.05, 4.69) is 10.5 Å². The summed E-state index contributed by atoms with van der Waals surface area (Å²) in [5.74, 6) is -1.81. The lowest BCUT2D eigenvalue weighted by molar-refractivity contribution is 0.0952. The van der Waals surface area contributed by atoms with Crippen molar-refractivity contribution in [2.45, 2.75) is 6.61 Å². The molecule has 4 aromatic rings. The van der Waals surface area contributed by atoms with Crippen LogP contribution in [0.5, 0.6) is 17.2 Å². The number of halogens is 2. The van der Waals surface area contributed by atoms with Crippen molar-refractivity contribution in [2.75, 3.05) is 7.11 Å². The molecule has 0 heterocycles. The molecule has 0 unspecified atom stereocenters. The Balaban J connectivity index is 1.46. The van der Waals surface area contributed by atoms with Crippen molar-refractivity contribution in [1.82, 2.24) is 5.43 Å². The number of nitrogens with one attached hydrogen (secondary N) is 1. The Morgan fingerprint density at radius 2 is 1.74 bits per heavy atom. The van der Waals surface area contributed by atoms with Crippen LogP contribution in [0.25, 0.3) is 10.8 Å². The van der Waals surface area contributed by atoms with Gasteiger partial charge in [0.25, 0.3) is 5.91 Å². The molecular formula is C26H20F2N2O4. The quantitative estimate of drug-likeness (QED) is 0.293. The van der Waals surface area contributed by atoms with Crippen LogP contribution in [0.15, 0.2) is 77.9 Å². The minimum atomic E-state index is -0.809. The average molecular weight is 462 g/mol. The van der Waals surface area contributed by atoms with E-state index in [9.17, 15) is 18.7 Å². The molecule has 1 amide bonds. The zero-order valence-corrected chi connectivity index (χ0v) is 18.1. The van der Waals surface area contributed by atoms with Crippen LogP contribution in [-0.4, -0.2) is 24.3 Å². The highest BCUT2D eigenvalue weighted by Gasteiger charge is 2.12. The Bertz CT molecular complexity index is 1390. The third-order valence-electron chi connectivity index (χ3n) is 5.07. The number of hydrogen-bond acceptors (Lipinski definition) is 5. The van der Waals surface area contributed by atoms with Crippen LogP contribution >= 0.6 is 0 Å². The van der Waals surface area contributed by atoms with E-state index in [1.807, 2.05) is 24.3 Å². The van der Waals surface area contributed by atoms with E-state index in [0.717, 1.165) is 22.9 Å². The molecule has 34 heavy (non-hydrogen) atoms. The lowest BCUT2D eigenvalue weighted by Gasteiger charge is -2.11. The molecule has 4 aromatic carbocycles. The third kappa shape index (κ3) is 5.12. The highest BCUT2D eigenvalue weighted by atomic mass is 19.1. The van der Waals surface area contributed by atoms with Gasteiger partial charge in [-0.05, 0) is 58.8 Å². The number of fused-ring (bicyclic) bond motifs is 1. The molecule has 6 nitrogen and oxygen atoms in total. The van der Waals surface area contributed by atoms with E-state index in [1.54, 1.807) is 24.3 Å². The topological polar surface area (TPSA) is 80.2 Å². The van der Waals surface area contributed by atoms with E-state index >= 15 is 0 Å². The molecule has 0 bridgehead atoms. The summed E-state index contributed by atoms with van der Waals surface area (Å²) in [5.41, 5.74) is 3.70. The number of carbonyl (C=O) groups excluding carboxylic acids is 1. The van der Waals surface area contributed by atoms with Crippen LogP contribution in [0.1, 0.15) is 21.5 Å². The molecular weight excluding hydrogens is 442 g/mol. The second kappa shape index (κ2) is 9.99. The lowest BCUT2D eigenvalue weighted by Crippen LogP contribution is -2.17. The van der Waals surface area contributed by atoms with Gasteiger partial charge in [-0.3, -0.25) is 4.79 Å². The number of rotatable bonds is 7. The Hall–Kier alpha value is -4.46. The van der Waals surface area contributed by atoms with Crippen LogP contribution in [-0.2, 0) is 6.61 Å². The van der Waals surface area contributed by atoms with Gasteiger partial charge in [0.05, 0.1) is 18.9 Å². The number of benzene rings is 4. The van der Waals surface area contributed by atoms with Gasteiger partial charge in [0.2, 0.25) is 0 Å². The Morgan fingerprint density at radius 1 is 1.00 bits per heavy atom. The molecule has 0 aliphatic rings. The van der Waals surface area contributed by atoms with Gasteiger partial charge >= 0.3 is 0 Å². The van der Waals surface area contributed by atoms with Crippen molar-refractivity contribution in [1.29, 1.82) is 0 Å². The summed E-state index contributed by atoms with van der Waals surface area (Å²) in [6.45, 7) is -0.0370. The molecule has 8 heteroatoms. The van der Waals surface area contributed by atoms with Gasteiger partial charge in [0, 0.05) is 11.6 Å². The fourth-order valence-corrected chi connectivity index (χ4v) is 3.38. The van der Waals surface area contributed by atoms with Crippen molar-refractivity contribution in [3.8, 4) is 17.2 Å². The van der Waals surface area contributed by atoms with Crippen LogP contribution < -0.4 is 14.9 Å². The second-order valence-electron chi connectivity index (χ2n) is 7.35. The van der Waals surface area contributed by atoms with Gasteiger partial charge in [-0.1, -0.05) is 24.3 Å². The van der Waals surface area contributed by atoms with Crippen LogP contribution in [0.4, 0.5) is 8.78 Å². The average Bonchev–Trinajstić information content (AvgIpc) is 2.83. The number of aromatic hydroxyl groups is 1. The summed E-state index contributed by atoms with van der Waals surface area (Å²) in [4.78, 5) is 12.5. The van der Waals surface area contributed by atoms with E-state index in [-0.39, 0.29) is 23.7 Å². The molecule has 0 atom stereocenters. The number of carbonyl (C=O) groups is 1. The number of hydrogen-bond donors (Lipinski definition) is 2. The Morgan fingerprint density at radius 3 is 2.47 bits per heavy atom. The standard InChI is InChI=1S/C26H20F2N2O4/c1-33-24-8-6-16(10-19(24)15-34-25-9-7-20(27)13-22(25)28)14-29-30-26(32)21-11-17-4-2-3-5-18(17)12-23(21)31/h2-14,31H,15H2,1H3,(H,30,32). The lowest BCUT2D eigenvalue weighted by atomic mass is 10.1. The van der Waals surface area contributed by atoms with Gasteiger partial charge in [0.15, 0.2) is 11.6 Å². The molecule has 0 aliphatic carbocycles. The predicted molar refractivity (Wildman–Crippen MR) is 124 cm³/mol. The van der Waals surface area contributed by atoms with Crippen LogP contribution in [0, 0.1) is 11.6 Å². The zero-order valence-electron chi connectivity index (χ0n) is 18.1. The number of phenols is 1. The first-order valence-corrected chi connectivity index (χ1v) is 10.2. The fraction of sp³-hybridized carbons (Fsp3) is 0.0769. The third-order valence-corrected chi connectivity index (χ3v) is 5.07. The second-order valence-corrected chi connectivity index (χ2v) is 7.35. The first-order valence-electron chi connectivity index (χ1n) is 10.2. The van der Waals surface area contributed by atoms with E-state index < -0.39 is 17.5 Å². The van der Waals surface area contributed by atoms with Gasteiger partial charge in [0.1, 0.15) is 23.9 Å². The summed E-state index contributed by atoms with van der Waals surface area (Å²) in [6, 6.07) is 18.6. The first kappa shape index (κ1) is 22.7. The summed E-state index contributed by atoms with van der Waals surface area (Å²) in [7, 11) is 1.49. The van der Waals surface area contributed by atoms with Crippen LogP contribution in [0.2, 0.25) is 0 Å². The van der Waals surface area contributed by atoms with Gasteiger partial charge < -0.3 is 14.6 Å². The molecule has 0 aliphatic heterocycles. The summed E-state index contributed by atoms with van der Waals surface area (Å²) >= 11 is 0. The van der Waals surface area contributed by atoms with E-state index in [0.29, 0.717) is 16.9 Å². The summed E-state index contributed by atoms with van der Waals surface area (Å²) in [6.07, 6.45) is 1.41. The number of ether oxygens (including phenoxy) is 2. The van der Waals surface area contributed by atoms with Crippen molar-refractivity contribution in [2.24, 2.45) is 5.10 Å². The molecule has 172 valence electrons. The minimum Gasteiger partial charge on any atom is -0.507 e. The molecule has 0 radical (unpaired) electrons. The summed E-state index contributed by atoms with van der Waals surface area (Å²) in [5, 5.41) is 15.8. The number of hydrazone groups is 1. The van der Waals surface area contributed by atoms with Crippen molar-refractivity contribution < 1.29 is 28.2 Å². The van der Waals surface area contributed by atoms with Gasteiger partial charge in [-0.15, -0.1) is 0 Å². The highest BCUT2D eigenvalue weighted by molar-refractivity contribution is 6.01. The van der Waals surface area contributed by atoms with Crippen molar-refractivity contribution in [3.63, 3.8) is 0 Å². The molecule has 2 N–H and O–H groups in total. The highest BCUT2D eigenvalue weighted by Crippen LogP contribution is 2.25. The maximum Gasteiger partial charge on any atom is 0.275 e. The van der Waals surface area contributed by atoms with Gasteiger partial charge in [-0.2, -0.15) is 5.10 Å². The zero-order chi connectivity index (χ0) is 24.1. The van der Waals surface area contributed by atoms with Crippen molar-refractivity contribution in [3.05, 3.63) is 101 Å². The Kier molecular flexibility index (Phi) is 6.68. The first-order chi connectivity index (χ1) is 16.4. The van der Waals surface area contributed by atoms with Crippen molar-refractivity contribution >= 4 is 22.9 Å². The predicted octanol–water partition coefficient (Wildman–Crippen LogP) is 5.18. The largest absolute Gasteiger partial charge is 0.507 e. The number of phenolic OH excluding ortho intramolecular Hbond substituents is 1. The maximum atomic E-state index is 13.8. The molecule has 4 rings (SSSR count). The molecule has 0 fully saturated rings. The number of methoxy groups -OCH3 is 1. The van der Waals surface area contributed by atoms with E-state index in [1.165, 1.54) is 25.5 Å². The molecule has 0 saturated carbocycles. The van der Waals surface area contributed by atoms with Crippen LogP contribution in [0.3, 0.4) is 0 Å².